The lowest BCUT2D eigenvalue weighted by Crippen LogP contribution is -2.33. The van der Waals surface area contributed by atoms with Gasteiger partial charge in [0.15, 0.2) is 0 Å². The van der Waals surface area contributed by atoms with Crippen LogP contribution >= 0.6 is 0 Å². The molecule has 0 amide bonds. The first-order valence-corrected chi connectivity index (χ1v) is 8.30. The fraction of sp³-hybridized carbons (Fsp3) is 1.00. The summed E-state index contributed by atoms with van der Waals surface area (Å²) in [4.78, 5) is 0. The summed E-state index contributed by atoms with van der Waals surface area (Å²) >= 11 is 0. The zero-order chi connectivity index (χ0) is 8.11. The molecular weight excluding hydrogens is 152 g/mol. The summed E-state index contributed by atoms with van der Waals surface area (Å²) in [5.74, 6) is 0. The molecule has 11 heavy (non-hydrogen) atoms. The molecule has 1 unspecified atom stereocenters. The van der Waals surface area contributed by atoms with Crippen LogP contribution in [0.15, 0.2) is 0 Å². The van der Waals surface area contributed by atoms with Crippen molar-refractivity contribution >= 4 is 8.07 Å². The van der Waals surface area contributed by atoms with E-state index in [4.69, 9.17) is 4.74 Å². The van der Waals surface area contributed by atoms with Crippen LogP contribution in [0.1, 0.15) is 25.7 Å². The van der Waals surface area contributed by atoms with Crippen LogP contribution in [-0.4, -0.2) is 19.4 Å². The van der Waals surface area contributed by atoms with Gasteiger partial charge in [-0.2, -0.15) is 0 Å². The van der Waals surface area contributed by atoms with Crippen molar-refractivity contribution in [1.82, 2.24) is 0 Å². The van der Waals surface area contributed by atoms with E-state index in [0.29, 0.717) is 11.3 Å². The first-order valence-electron chi connectivity index (χ1n) is 4.72. The number of hydrogen-bond donors (Lipinski definition) is 0. The van der Waals surface area contributed by atoms with E-state index < -0.39 is 8.07 Å². The molecule has 1 saturated carbocycles. The molecule has 0 radical (unpaired) electrons. The summed E-state index contributed by atoms with van der Waals surface area (Å²) in [5.41, 5.74) is 1.10. The van der Waals surface area contributed by atoms with E-state index in [-0.39, 0.29) is 0 Å². The van der Waals surface area contributed by atoms with Gasteiger partial charge in [-0.3, -0.25) is 0 Å². The molecule has 0 N–H and O–H groups in total. The van der Waals surface area contributed by atoms with Crippen LogP contribution < -0.4 is 0 Å². The largest absolute Gasteiger partial charge is 0.370 e. The van der Waals surface area contributed by atoms with Gasteiger partial charge in [-0.15, -0.1) is 0 Å². The quantitative estimate of drug-likeness (QED) is 0.435. The topological polar surface area (TPSA) is 12.5 Å². The minimum Gasteiger partial charge on any atom is -0.370 e. The van der Waals surface area contributed by atoms with Crippen molar-refractivity contribution in [2.45, 2.75) is 56.7 Å². The van der Waals surface area contributed by atoms with Crippen molar-refractivity contribution in [1.29, 1.82) is 0 Å². The summed E-state index contributed by atoms with van der Waals surface area (Å²) in [7, 11) is -0.983. The van der Waals surface area contributed by atoms with Gasteiger partial charge in [0.1, 0.15) is 0 Å². The molecule has 0 aromatic heterocycles. The maximum atomic E-state index is 5.89. The molecule has 2 rings (SSSR count). The molecule has 64 valence electrons. The average Bonchev–Trinajstić information content (AvgIpc) is 2.31. The van der Waals surface area contributed by atoms with Gasteiger partial charge in [0.05, 0.1) is 19.4 Å². The Morgan fingerprint density at radius 1 is 1.18 bits per heavy atom. The molecule has 2 fully saturated rings. The van der Waals surface area contributed by atoms with Crippen LogP contribution in [0.5, 0.6) is 0 Å². The van der Waals surface area contributed by atoms with Crippen LogP contribution in [-0.2, 0) is 4.74 Å². The van der Waals surface area contributed by atoms with Gasteiger partial charge >= 0.3 is 0 Å². The highest BCUT2D eigenvalue weighted by Gasteiger charge is 2.62. The molecule has 1 aliphatic heterocycles. The van der Waals surface area contributed by atoms with Crippen LogP contribution in [0.4, 0.5) is 0 Å². The SMILES string of the molecule is C[Si](C)(C)C1OC12CCCC2. The molecule has 0 aromatic carbocycles. The van der Waals surface area contributed by atoms with E-state index >= 15 is 0 Å². The normalized spacial score (nSPS) is 34.6. The van der Waals surface area contributed by atoms with E-state index in [1.165, 1.54) is 25.7 Å². The third-order valence-electron chi connectivity index (χ3n) is 3.01. The molecule has 1 heterocycles. The fourth-order valence-corrected chi connectivity index (χ4v) is 4.98. The maximum absolute atomic E-state index is 5.89. The highest BCUT2D eigenvalue weighted by Crippen LogP contribution is 2.52. The van der Waals surface area contributed by atoms with E-state index in [1.807, 2.05) is 0 Å². The van der Waals surface area contributed by atoms with E-state index in [9.17, 15) is 0 Å². The molecule has 1 aliphatic carbocycles. The minimum absolute atomic E-state index is 0.407. The lowest BCUT2D eigenvalue weighted by molar-refractivity contribution is 0.305. The van der Waals surface area contributed by atoms with Gasteiger partial charge in [0.2, 0.25) is 0 Å². The van der Waals surface area contributed by atoms with E-state index in [0.717, 1.165) is 0 Å². The van der Waals surface area contributed by atoms with Crippen molar-refractivity contribution in [3.05, 3.63) is 0 Å². The maximum Gasteiger partial charge on any atom is 0.0914 e. The molecule has 1 spiro atoms. The van der Waals surface area contributed by atoms with Gasteiger partial charge in [0, 0.05) is 0 Å². The fourth-order valence-electron chi connectivity index (χ4n) is 2.52. The average molecular weight is 170 g/mol. The third kappa shape index (κ3) is 1.16. The highest BCUT2D eigenvalue weighted by atomic mass is 28.3. The van der Waals surface area contributed by atoms with Crippen LogP contribution in [0.25, 0.3) is 0 Å². The summed E-state index contributed by atoms with van der Waals surface area (Å²) in [6.45, 7) is 7.26. The number of epoxide rings is 1. The van der Waals surface area contributed by atoms with E-state index in [1.54, 1.807) is 0 Å². The molecule has 2 heteroatoms. The van der Waals surface area contributed by atoms with Crippen molar-refractivity contribution in [3.63, 3.8) is 0 Å². The molecule has 0 bridgehead atoms. The Balaban J connectivity index is 2.03. The van der Waals surface area contributed by atoms with Crippen LogP contribution in [0.2, 0.25) is 19.6 Å². The van der Waals surface area contributed by atoms with Crippen LogP contribution in [0, 0.1) is 0 Å². The molecule has 2 aliphatic rings. The summed E-state index contributed by atoms with van der Waals surface area (Å²) in [5, 5.41) is 0. The summed E-state index contributed by atoms with van der Waals surface area (Å²) < 4.78 is 5.89. The predicted octanol–water partition coefficient (Wildman–Crippen LogP) is 2.58. The van der Waals surface area contributed by atoms with Gasteiger partial charge < -0.3 is 4.74 Å². The first-order chi connectivity index (χ1) is 5.05. The molecular formula is C9H18OSi. The van der Waals surface area contributed by atoms with Gasteiger partial charge in [-0.1, -0.05) is 32.5 Å². The predicted molar refractivity (Wildman–Crippen MR) is 49.4 cm³/mol. The zero-order valence-electron chi connectivity index (χ0n) is 7.81. The second-order valence-electron chi connectivity index (χ2n) is 5.14. The Morgan fingerprint density at radius 2 is 1.73 bits per heavy atom. The minimum atomic E-state index is -0.983. The van der Waals surface area contributed by atoms with Gasteiger partial charge in [0.25, 0.3) is 0 Å². The van der Waals surface area contributed by atoms with Crippen molar-refractivity contribution in [2.24, 2.45) is 0 Å². The number of rotatable bonds is 1. The van der Waals surface area contributed by atoms with E-state index in [2.05, 4.69) is 19.6 Å². The summed E-state index contributed by atoms with van der Waals surface area (Å²) in [6, 6.07) is 0. The van der Waals surface area contributed by atoms with Crippen LogP contribution in [0.3, 0.4) is 0 Å². The Morgan fingerprint density at radius 3 is 2.09 bits per heavy atom. The number of ether oxygens (including phenoxy) is 1. The zero-order valence-corrected chi connectivity index (χ0v) is 8.81. The Labute approximate surface area is 70.1 Å². The Hall–Kier alpha value is 0.177. The monoisotopic (exact) mass is 170 g/mol. The second-order valence-corrected chi connectivity index (χ2v) is 10.4. The molecule has 0 aromatic rings. The smallest absolute Gasteiger partial charge is 0.0914 e. The first kappa shape index (κ1) is 7.81. The lowest BCUT2D eigenvalue weighted by atomic mass is 10.1. The van der Waals surface area contributed by atoms with Crippen molar-refractivity contribution in [2.75, 3.05) is 0 Å². The number of hydrogen-bond acceptors (Lipinski definition) is 1. The molecule has 1 atom stereocenters. The van der Waals surface area contributed by atoms with Crippen molar-refractivity contribution in [3.8, 4) is 0 Å². The Bertz CT molecular complexity index is 165. The third-order valence-corrected chi connectivity index (χ3v) is 5.23. The van der Waals surface area contributed by atoms with Gasteiger partial charge in [-0.05, 0) is 12.8 Å². The second kappa shape index (κ2) is 2.11. The summed E-state index contributed by atoms with van der Waals surface area (Å²) in [6.07, 6.45) is 5.51. The standard InChI is InChI=1S/C9H18OSi/c1-11(2,3)8-9(10-8)6-4-5-7-9/h8H,4-7H2,1-3H3. The Kier molecular flexibility index (Phi) is 1.49. The van der Waals surface area contributed by atoms with Gasteiger partial charge in [-0.25, -0.2) is 0 Å². The molecule has 1 saturated heterocycles. The lowest BCUT2D eigenvalue weighted by Gasteiger charge is -2.13. The highest BCUT2D eigenvalue weighted by molar-refractivity contribution is 6.78. The molecule has 1 nitrogen and oxygen atoms in total. The van der Waals surface area contributed by atoms with Crippen molar-refractivity contribution < 1.29 is 4.74 Å².